The standard InChI is InChI=1S/C20H26N4O2/c1-12-6-7-15-18(21-12)24(14-4-3-5-14)19(22-15)23-16(25)10-13-11-20(2)8-9-26-17(13)20/h6-7,13-14,17H,3-5,8-11H2,1-2H3,(H,22,23,25)/t13?,17-,20-/m1/s1. The summed E-state index contributed by atoms with van der Waals surface area (Å²) in [6.07, 6.45) is 6.46. The van der Waals surface area contributed by atoms with Crippen LogP contribution in [0.25, 0.3) is 11.2 Å². The smallest absolute Gasteiger partial charge is 0.227 e. The normalized spacial score (nSPS) is 30.7. The Bertz CT molecular complexity index is 872. The number of fused-ring (bicyclic) bond motifs is 2. The molecule has 2 aromatic rings. The molecule has 0 aromatic carbocycles. The van der Waals surface area contributed by atoms with Crippen LogP contribution in [0.2, 0.25) is 0 Å². The minimum atomic E-state index is 0.0418. The summed E-state index contributed by atoms with van der Waals surface area (Å²) in [6, 6.07) is 4.36. The third kappa shape index (κ3) is 2.46. The minimum Gasteiger partial charge on any atom is -0.377 e. The molecule has 3 heterocycles. The van der Waals surface area contributed by atoms with Gasteiger partial charge >= 0.3 is 0 Å². The van der Waals surface area contributed by atoms with Crippen molar-refractivity contribution in [3.8, 4) is 0 Å². The fraction of sp³-hybridized carbons (Fsp3) is 0.650. The van der Waals surface area contributed by atoms with Crippen LogP contribution in [0.1, 0.15) is 57.2 Å². The molecule has 26 heavy (non-hydrogen) atoms. The lowest BCUT2D eigenvalue weighted by molar-refractivity contribution is -0.125. The number of hydrogen-bond acceptors (Lipinski definition) is 4. The first-order valence-electron chi connectivity index (χ1n) is 9.80. The van der Waals surface area contributed by atoms with Crippen molar-refractivity contribution in [3.63, 3.8) is 0 Å². The monoisotopic (exact) mass is 354 g/mol. The van der Waals surface area contributed by atoms with Gasteiger partial charge in [-0.15, -0.1) is 0 Å². The van der Waals surface area contributed by atoms with Gasteiger partial charge in [-0.05, 0) is 62.5 Å². The van der Waals surface area contributed by atoms with E-state index in [1.54, 1.807) is 0 Å². The molecule has 1 aliphatic heterocycles. The van der Waals surface area contributed by atoms with E-state index in [9.17, 15) is 4.79 Å². The first-order valence-corrected chi connectivity index (χ1v) is 9.80. The van der Waals surface area contributed by atoms with E-state index in [1.165, 1.54) is 6.42 Å². The largest absolute Gasteiger partial charge is 0.377 e. The fourth-order valence-corrected chi connectivity index (χ4v) is 4.97. The Balaban J connectivity index is 1.36. The molecule has 1 saturated heterocycles. The summed E-state index contributed by atoms with van der Waals surface area (Å²) in [6.45, 7) is 5.11. The van der Waals surface area contributed by atoms with Crippen molar-refractivity contribution < 1.29 is 9.53 Å². The number of pyridine rings is 1. The summed E-state index contributed by atoms with van der Waals surface area (Å²) in [5.41, 5.74) is 3.02. The van der Waals surface area contributed by atoms with E-state index in [2.05, 4.69) is 26.8 Å². The van der Waals surface area contributed by atoms with Crippen LogP contribution in [0, 0.1) is 18.3 Å². The molecule has 1 amide bonds. The number of hydrogen-bond donors (Lipinski definition) is 1. The molecule has 2 aliphatic carbocycles. The van der Waals surface area contributed by atoms with E-state index in [-0.39, 0.29) is 12.0 Å². The van der Waals surface area contributed by atoms with Crippen LogP contribution in [-0.2, 0) is 9.53 Å². The summed E-state index contributed by atoms with van der Waals surface area (Å²) in [5, 5.41) is 3.08. The number of aryl methyl sites for hydroxylation is 1. The molecule has 5 rings (SSSR count). The van der Waals surface area contributed by atoms with Gasteiger partial charge in [0.25, 0.3) is 0 Å². The molecular formula is C20H26N4O2. The lowest BCUT2D eigenvalue weighted by Crippen LogP contribution is -2.48. The molecule has 2 saturated carbocycles. The predicted octanol–water partition coefficient (Wildman–Crippen LogP) is 3.61. The van der Waals surface area contributed by atoms with E-state index < -0.39 is 0 Å². The number of carbonyl (C=O) groups is 1. The summed E-state index contributed by atoms with van der Waals surface area (Å²) >= 11 is 0. The van der Waals surface area contributed by atoms with Gasteiger partial charge in [-0.1, -0.05) is 6.92 Å². The SMILES string of the molecule is Cc1ccc2nc(NC(=O)CC3C[C@@]4(C)CCO[C@H]34)n(C3CCC3)c2n1. The Morgan fingerprint density at radius 3 is 2.96 bits per heavy atom. The second kappa shape index (κ2) is 5.78. The first-order chi connectivity index (χ1) is 12.5. The lowest BCUT2D eigenvalue weighted by Gasteiger charge is -2.47. The third-order valence-corrected chi connectivity index (χ3v) is 6.63. The zero-order valence-electron chi connectivity index (χ0n) is 15.5. The zero-order chi connectivity index (χ0) is 17.9. The van der Waals surface area contributed by atoms with Gasteiger partial charge in [-0.2, -0.15) is 0 Å². The highest BCUT2D eigenvalue weighted by molar-refractivity contribution is 5.91. The van der Waals surface area contributed by atoms with Gasteiger partial charge in [0.1, 0.15) is 5.52 Å². The summed E-state index contributed by atoms with van der Waals surface area (Å²) in [4.78, 5) is 22.0. The number of anilines is 1. The van der Waals surface area contributed by atoms with Crippen LogP contribution in [0.4, 0.5) is 5.95 Å². The average molecular weight is 354 g/mol. The molecule has 138 valence electrons. The van der Waals surface area contributed by atoms with Gasteiger partial charge in [0.05, 0.1) is 6.10 Å². The van der Waals surface area contributed by atoms with Crippen LogP contribution >= 0.6 is 0 Å². The maximum atomic E-state index is 12.7. The van der Waals surface area contributed by atoms with Crippen molar-refractivity contribution in [2.45, 2.75) is 64.5 Å². The number of nitrogens with one attached hydrogen (secondary N) is 1. The maximum absolute atomic E-state index is 12.7. The Kier molecular flexibility index (Phi) is 3.61. The number of ether oxygens (including phenoxy) is 1. The van der Waals surface area contributed by atoms with Crippen LogP contribution in [0.5, 0.6) is 0 Å². The van der Waals surface area contributed by atoms with Gasteiger partial charge in [0, 0.05) is 24.8 Å². The number of nitrogens with zero attached hydrogens (tertiary/aromatic N) is 3. The number of imidazole rings is 1. The topological polar surface area (TPSA) is 69.0 Å². The number of rotatable bonds is 4. The third-order valence-electron chi connectivity index (χ3n) is 6.63. The Labute approximate surface area is 153 Å². The molecule has 0 radical (unpaired) electrons. The van der Waals surface area contributed by atoms with Crippen LogP contribution in [0.3, 0.4) is 0 Å². The van der Waals surface area contributed by atoms with Crippen LogP contribution in [0.15, 0.2) is 12.1 Å². The lowest BCUT2D eigenvalue weighted by atomic mass is 9.59. The molecule has 3 aliphatic rings. The number of carbonyl (C=O) groups excluding carboxylic acids is 1. The van der Waals surface area contributed by atoms with E-state index in [0.717, 1.165) is 49.1 Å². The molecule has 0 spiro atoms. The molecule has 3 atom stereocenters. The Hall–Kier alpha value is -1.95. The molecule has 3 fully saturated rings. The zero-order valence-corrected chi connectivity index (χ0v) is 15.5. The highest BCUT2D eigenvalue weighted by Crippen LogP contribution is 2.54. The average Bonchev–Trinajstić information content (AvgIpc) is 3.02. The van der Waals surface area contributed by atoms with Crippen molar-refractivity contribution in [1.29, 1.82) is 0 Å². The fourth-order valence-electron chi connectivity index (χ4n) is 4.97. The second-order valence-electron chi connectivity index (χ2n) is 8.60. The van der Waals surface area contributed by atoms with Crippen LogP contribution < -0.4 is 5.32 Å². The molecule has 1 N–H and O–H groups in total. The van der Waals surface area contributed by atoms with Crippen molar-refractivity contribution in [3.05, 3.63) is 17.8 Å². The summed E-state index contributed by atoms with van der Waals surface area (Å²) in [5.74, 6) is 1.03. The summed E-state index contributed by atoms with van der Waals surface area (Å²) in [7, 11) is 0. The number of amides is 1. The van der Waals surface area contributed by atoms with Gasteiger partial charge in [0.2, 0.25) is 11.9 Å². The van der Waals surface area contributed by atoms with Crippen LogP contribution in [-0.4, -0.2) is 33.2 Å². The molecule has 2 aromatic heterocycles. The van der Waals surface area contributed by atoms with Gasteiger partial charge in [-0.3, -0.25) is 14.7 Å². The predicted molar refractivity (Wildman–Crippen MR) is 99.0 cm³/mol. The summed E-state index contributed by atoms with van der Waals surface area (Å²) < 4.78 is 8.00. The quantitative estimate of drug-likeness (QED) is 0.911. The maximum Gasteiger partial charge on any atom is 0.227 e. The first kappa shape index (κ1) is 16.2. The number of aromatic nitrogens is 3. The van der Waals surface area contributed by atoms with Gasteiger partial charge < -0.3 is 4.74 Å². The van der Waals surface area contributed by atoms with Crippen molar-refractivity contribution in [1.82, 2.24) is 14.5 Å². The Morgan fingerprint density at radius 1 is 1.38 bits per heavy atom. The molecule has 1 unspecified atom stereocenters. The van der Waals surface area contributed by atoms with E-state index in [4.69, 9.17) is 4.74 Å². The second-order valence-corrected chi connectivity index (χ2v) is 8.60. The van der Waals surface area contributed by atoms with Crippen molar-refractivity contribution in [2.75, 3.05) is 11.9 Å². The Morgan fingerprint density at radius 2 is 2.23 bits per heavy atom. The highest BCUT2D eigenvalue weighted by atomic mass is 16.5. The molecule has 6 heteroatoms. The van der Waals surface area contributed by atoms with Gasteiger partial charge in [-0.25, -0.2) is 9.97 Å². The van der Waals surface area contributed by atoms with Crippen molar-refractivity contribution >= 4 is 23.0 Å². The molecule has 6 nitrogen and oxygen atoms in total. The van der Waals surface area contributed by atoms with E-state index in [0.29, 0.717) is 29.7 Å². The van der Waals surface area contributed by atoms with E-state index in [1.807, 2.05) is 19.1 Å². The minimum absolute atomic E-state index is 0.0418. The van der Waals surface area contributed by atoms with E-state index >= 15 is 0 Å². The highest BCUT2D eigenvalue weighted by Gasteiger charge is 2.54. The van der Waals surface area contributed by atoms with Gasteiger partial charge in [0.15, 0.2) is 5.65 Å². The molecule has 0 bridgehead atoms. The van der Waals surface area contributed by atoms with Crippen molar-refractivity contribution in [2.24, 2.45) is 11.3 Å². The molecular weight excluding hydrogens is 328 g/mol.